The Morgan fingerprint density at radius 3 is 2.32 bits per heavy atom. The predicted molar refractivity (Wildman–Crippen MR) is 129 cm³/mol. The summed E-state index contributed by atoms with van der Waals surface area (Å²) >= 11 is 0. The number of H-pyrrole nitrogens is 1. The molecule has 0 unspecified atom stereocenters. The van der Waals surface area contributed by atoms with Gasteiger partial charge in [0.15, 0.2) is 0 Å². The Bertz CT molecular complexity index is 1320. The van der Waals surface area contributed by atoms with Crippen LogP contribution in [0.15, 0.2) is 63.1 Å². The molecule has 2 aromatic carbocycles. The van der Waals surface area contributed by atoms with E-state index in [1.165, 1.54) is 18.4 Å². The minimum absolute atomic E-state index is 0.0734. The predicted octanol–water partition coefficient (Wildman–Crippen LogP) is 3.00. The van der Waals surface area contributed by atoms with Crippen molar-refractivity contribution < 1.29 is 14.6 Å². The Balaban J connectivity index is 2.15. The van der Waals surface area contributed by atoms with Crippen LogP contribution < -0.4 is 21.7 Å². The van der Waals surface area contributed by atoms with Gasteiger partial charge in [-0.1, -0.05) is 36.8 Å². The summed E-state index contributed by atoms with van der Waals surface area (Å²) < 4.78 is 7.87. The van der Waals surface area contributed by atoms with Crippen molar-refractivity contribution in [3.05, 3.63) is 86.2 Å². The van der Waals surface area contributed by atoms with Crippen molar-refractivity contribution in [1.82, 2.24) is 14.1 Å². The second-order valence-electron chi connectivity index (χ2n) is 8.30. The normalized spacial score (nSPS) is 13.5. The van der Waals surface area contributed by atoms with Crippen LogP contribution in [0.4, 0.5) is 5.69 Å². The van der Waals surface area contributed by atoms with Gasteiger partial charge in [-0.25, -0.2) is 19.1 Å². The van der Waals surface area contributed by atoms with E-state index in [0.717, 1.165) is 22.1 Å². The second-order valence-corrected chi connectivity index (χ2v) is 8.30. The van der Waals surface area contributed by atoms with Crippen LogP contribution in [0.2, 0.25) is 0 Å². The first kappa shape index (κ1) is 24.8. The highest BCUT2D eigenvalue weighted by atomic mass is 16.5. The van der Waals surface area contributed by atoms with Crippen LogP contribution in [-0.4, -0.2) is 31.8 Å². The van der Waals surface area contributed by atoms with Crippen LogP contribution in [0, 0.1) is 12.8 Å². The van der Waals surface area contributed by atoms with Crippen LogP contribution in [0.1, 0.15) is 44.4 Å². The molecule has 0 aliphatic rings. The first-order valence-electron chi connectivity index (χ1n) is 11.2. The van der Waals surface area contributed by atoms with Gasteiger partial charge in [0.2, 0.25) is 5.62 Å². The molecule has 0 amide bonds. The average molecular weight is 467 g/mol. The third kappa shape index (κ3) is 5.72. The number of aryl methyl sites for hydroxylation is 1. The smallest absolute Gasteiger partial charge is 0.335 e. The van der Waals surface area contributed by atoms with Gasteiger partial charge < -0.3 is 9.84 Å². The molecule has 9 heteroatoms. The number of aromatic nitrogens is 3. The first-order chi connectivity index (χ1) is 16.2. The Kier molecular flexibility index (Phi) is 7.88. The molecule has 0 bridgehead atoms. The number of carbonyl (C=O) groups is 1. The zero-order chi connectivity index (χ0) is 24.8. The minimum Gasteiger partial charge on any atom is -0.494 e. The highest BCUT2D eigenvalue weighted by Crippen LogP contribution is 2.18. The van der Waals surface area contributed by atoms with Gasteiger partial charge in [0.25, 0.3) is 0 Å². The monoisotopic (exact) mass is 466 g/mol. The van der Waals surface area contributed by atoms with E-state index in [4.69, 9.17) is 4.74 Å². The maximum Gasteiger partial charge on any atom is 0.335 e. The number of aromatic amines is 1. The fraction of sp³-hybridized carbons (Fsp3) is 0.360. The highest BCUT2D eigenvalue weighted by Gasteiger charge is 2.25. The summed E-state index contributed by atoms with van der Waals surface area (Å²) in [5, 5.41) is 9.39. The molecule has 2 atom stereocenters. The lowest BCUT2D eigenvalue weighted by molar-refractivity contribution is -0.142. The van der Waals surface area contributed by atoms with Crippen molar-refractivity contribution in [2.24, 2.45) is 10.9 Å². The number of hydrogen-bond donors (Lipinski definition) is 2. The molecule has 3 rings (SSSR count). The van der Waals surface area contributed by atoms with E-state index in [1.807, 2.05) is 38.1 Å². The van der Waals surface area contributed by atoms with Crippen molar-refractivity contribution in [2.75, 3.05) is 6.61 Å². The second kappa shape index (κ2) is 10.8. The largest absolute Gasteiger partial charge is 0.494 e. The van der Waals surface area contributed by atoms with Crippen LogP contribution in [0.3, 0.4) is 0 Å². The van der Waals surface area contributed by atoms with E-state index in [0.29, 0.717) is 18.0 Å². The molecule has 9 nitrogen and oxygen atoms in total. The van der Waals surface area contributed by atoms with Gasteiger partial charge in [-0.2, -0.15) is 0 Å². The van der Waals surface area contributed by atoms with Gasteiger partial charge in [-0.05, 0) is 57.0 Å². The molecule has 0 fully saturated rings. The summed E-state index contributed by atoms with van der Waals surface area (Å²) in [4.78, 5) is 45.0. The van der Waals surface area contributed by atoms with E-state index in [9.17, 15) is 19.5 Å². The summed E-state index contributed by atoms with van der Waals surface area (Å²) in [5.41, 5.74) is 1.17. The average Bonchev–Trinajstić information content (AvgIpc) is 2.81. The van der Waals surface area contributed by atoms with Crippen molar-refractivity contribution in [3.8, 4) is 5.75 Å². The van der Waals surface area contributed by atoms with E-state index < -0.39 is 29.3 Å². The van der Waals surface area contributed by atoms with Crippen molar-refractivity contribution in [1.29, 1.82) is 0 Å². The fourth-order valence-corrected chi connectivity index (χ4v) is 3.39. The molecule has 1 aromatic heterocycles. The van der Waals surface area contributed by atoms with Crippen LogP contribution in [0.25, 0.3) is 0 Å². The molecule has 0 aliphatic carbocycles. The maximum absolute atomic E-state index is 13.4. The van der Waals surface area contributed by atoms with Crippen LogP contribution in [0.5, 0.6) is 5.75 Å². The number of aliphatic carboxylic acids is 1. The quantitative estimate of drug-likeness (QED) is 0.503. The van der Waals surface area contributed by atoms with E-state index in [1.54, 1.807) is 24.3 Å². The maximum atomic E-state index is 13.4. The summed E-state index contributed by atoms with van der Waals surface area (Å²) in [6, 6.07) is 13.8. The summed E-state index contributed by atoms with van der Waals surface area (Å²) in [5.74, 6) is -1.33. The van der Waals surface area contributed by atoms with Gasteiger partial charge in [0.05, 0.1) is 30.8 Å². The minimum atomic E-state index is -1.09. The standard InChI is InChI=1S/C25H30N4O5/c1-5-14-34-21-12-10-20(11-13-21)26-23-27-24(32)29(18(4)17(3)22(30)31)25(33)28(23)15-19-8-6-16(2)7-9-19/h6-13,17-18H,5,14-15H2,1-4H3,(H,30,31)(H,26,27,32)/t17-,18+/m0/s1. The van der Waals surface area contributed by atoms with Crippen molar-refractivity contribution >= 4 is 11.7 Å². The lowest BCUT2D eigenvalue weighted by atomic mass is 10.0. The highest BCUT2D eigenvalue weighted by molar-refractivity contribution is 5.70. The lowest BCUT2D eigenvalue weighted by Crippen LogP contribution is -2.52. The molecule has 3 aromatic rings. The third-order valence-electron chi connectivity index (χ3n) is 5.66. The number of benzene rings is 2. The van der Waals surface area contributed by atoms with Gasteiger partial charge in [0, 0.05) is 0 Å². The number of rotatable bonds is 9. The van der Waals surface area contributed by atoms with Gasteiger partial charge >= 0.3 is 17.3 Å². The number of carboxylic acid groups (broad SMARTS) is 1. The van der Waals surface area contributed by atoms with Crippen molar-refractivity contribution in [3.63, 3.8) is 0 Å². The van der Waals surface area contributed by atoms with Crippen molar-refractivity contribution in [2.45, 2.75) is 46.7 Å². The fourth-order valence-electron chi connectivity index (χ4n) is 3.39. The molecule has 2 N–H and O–H groups in total. The Labute approximate surface area is 197 Å². The van der Waals surface area contributed by atoms with Crippen LogP contribution >= 0.6 is 0 Å². The number of ether oxygens (including phenoxy) is 1. The molecule has 0 spiro atoms. The molecule has 0 aliphatic heterocycles. The summed E-state index contributed by atoms with van der Waals surface area (Å²) in [7, 11) is 0. The first-order valence-corrected chi connectivity index (χ1v) is 11.2. The third-order valence-corrected chi connectivity index (χ3v) is 5.66. The van der Waals surface area contributed by atoms with Gasteiger partial charge in [0.1, 0.15) is 5.75 Å². The Morgan fingerprint density at radius 2 is 1.74 bits per heavy atom. The summed E-state index contributed by atoms with van der Waals surface area (Å²) in [6.45, 7) is 7.74. The van der Waals surface area contributed by atoms with Crippen LogP contribution in [-0.2, 0) is 11.3 Å². The topological polar surface area (TPSA) is 119 Å². The zero-order valence-electron chi connectivity index (χ0n) is 19.8. The molecule has 0 radical (unpaired) electrons. The van der Waals surface area contributed by atoms with Gasteiger partial charge in [-0.15, -0.1) is 0 Å². The molecule has 1 heterocycles. The Morgan fingerprint density at radius 1 is 1.09 bits per heavy atom. The van der Waals surface area contributed by atoms with Gasteiger partial charge in [-0.3, -0.25) is 14.3 Å². The van der Waals surface area contributed by atoms with E-state index in [2.05, 4.69) is 9.98 Å². The van der Waals surface area contributed by atoms with E-state index in [-0.39, 0.29) is 12.2 Å². The summed E-state index contributed by atoms with van der Waals surface area (Å²) in [6.07, 6.45) is 0.890. The lowest BCUT2D eigenvalue weighted by Gasteiger charge is -2.19. The molecular weight excluding hydrogens is 436 g/mol. The molecular formula is C25H30N4O5. The zero-order valence-corrected chi connectivity index (χ0v) is 19.8. The number of nitrogens with zero attached hydrogens (tertiary/aromatic N) is 3. The number of nitrogens with one attached hydrogen (secondary N) is 1. The molecule has 0 saturated heterocycles. The molecule has 34 heavy (non-hydrogen) atoms. The SMILES string of the molecule is CCCOc1ccc(/N=c2\[nH]c(=O)n([C@H](C)[C@H](C)C(=O)O)c(=O)n2Cc2ccc(C)cc2)cc1. The molecule has 180 valence electrons. The van der Waals surface area contributed by atoms with E-state index >= 15 is 0 Å². The number of carboxylic acids is 1. The number of hydrogen-bond acceptors (Lipinski definition) is 5. The molecule has 0 saturated carbocycles. The Hall–Kier alpha value is -3.88.